The molecule has 0 aromatic heterocycles. The van der Waals surface area contributed by atoms with Crippen LogP contribution in [0.1, 0.15) is 18.1 Å². The van der Waals surface area contributed by atoms with Gasteiger partial charge in [0.2, 0.25) is 0 Å². The fraction of sp³-hybridized carbons (Fsp3) is 0.250. The predicted molar refractivity (Wildman–Crippen MR) is 80.5 cm³/mol. The summed E-state index contributed by atoms with van der Waals surface area (Å²) in [6.07, 6.45) is 0.838. The van der Waals surface area contributed by atoms with Gasteiger partial charge in [-0.15, -0.1) is 0 Å². The standard InChI is InChI=1S/C16H16BrF2N/c1-11(9-12-5-7-14(17)8-6-12)20-10-13-3-2-4-15(18)16(13)19/h2-8,11,20H,9-10H2,1H3. The summed E-state index contributed by atoms with van der Waals surface area (Å²) in [4.78, 5) is 0. The SMILES string of the molecule is CC(Cc1ccc(Br)cc1)NCc1cccc(F)c1F. The Bertz CT molecular complexity index is 569. The van der Waals surface area contributed by atoms with Crippen molar-refractivity contribution in [1.29, 1.82) is 0 Å². The van der Waals surface area contributed by atoms with Gasteiger partial charge >= 0.3 is 0 Å². The molecule has 1 nitrogen and oxygen atoms in total. The Morgan fingerprint density at radius 2 is 1.80 bits per heavy atom. The molecule has 1 unspecified atom stereocenters. The Balaban J connectivity index is 1.90. The van der Waals surface area contributed by atoms with Gasteiger partial charge in [-0.3, -0.25) is 0 Å². The van der Waals surface area contributed by atoms with Crippen molar-refractivity contribution in [2.24, 2.45) is 0 Å². The molecule has 4 heteroatoms. The first kappa shape index (κ1) is 15.1. The second-order valence-corrected chi connectivity index (χ2v) is 5.74. The minimum absolute atomic E-state index is 0.179. The van der Waals surface area contributed by atoms with Gasteiger partial charge in [-0.1, -0.05) is 40.2 Å². The van der Waals surface area contributed by atoms with Crippen molar-refractivity contribution in [2.75, 3.05) is 0 Å². The molecular weight excluding hydrogens is 324 g/mol. The third kappa shape index (κ3) is 4.12. The summed E-state index contributed by atoms with van der Waals surface area (Å²) in [5, 5.41) is 3.21. The van der Waals surface area contributed by atoms with Crippen LogP contribution in [0.4, 0.5) is 8.78 Å². The number of nitrogens with one attached hydrogen (secondary N) is 1. The van der Waals surface area contributed by atoms with Gasteiger partial charge in [0.25, 0.3) is 0 Å². The van der Waals surface area contributed by atoms with Crippen molar-refractivity contribution in [2.45, 2.75) is 25.9 Å². The highest BCUT2D eigenvalue weighted by atomic mass is 79.9. The lowest BCUT2D eigenvalue weighted by Crippen LogP contribution is -2.28. The quantitative estimate of drug-likeness (QED) is 0.848. The number of halogens is 3. The van der Waals surface area contributed by atoms with Gasteiger partial charge < -0.3 is 5.32 Å². The Hall–Kier alpha value is -1.26. The van der Waals surface area contributed by atoms with Crippen molar-refractivity contribution in [3.05, 3.63) is 69.7 Å². The largest absolute Gasteiger partial charge is 0.310 e. The minimum Gasteiger partial charge on any atom is -0.310 e. The molecule has 1 N–H and O–H groups in total. The van der Waals surface area contributed by atoms with Gasteiger partial charge in [-0.25, -0.2) is 8.78 Å². The van der Waals surface area contributed by atoms with Gasteiger partial charge in [0, 0.05) is 22.6 Å². The van der Waals surface area contributed by atoms with Crippen LogP contribution in [0, 0.1) is 11.6 Å². The van der Waals surface area contributed by atoms with Crippen LogP contribution in [0.2, 0.25) is 0 Å². The first-order valence-corrected chi connectivity index (χ1v) is 7.26. The summed E-state index contributed by atoms with van der Waals surface area (Å²) in [5.74, 6) is -1.57. The lowest BCUT2D eigenvalue weighted by molar-refractivity contribution is 0.480. The monoisotopic (exact) mass is 339 g/mol. The normalized spacial score (nSPS) is 12.4. The second-order valence-electron chi connectivity index (χ2n) is 4.83. The van der Waals surface area contributed by atoms with E-state index in [-0.39, 0.29) is 6.04 Å². The minimum atomic E-state index is -0.801. The molecule has 0 aliphatic heterocycles. The molecule has 0 aliphatic rings. The van der Waals surface area contributed by atoms with Crippen LogP contribution in [-0.2, 0) is 13.0 Å². The molecule has 0 amide bonds. The molecule has 0 saturated heterocycles. The van der Waals surface area contributed by atoms with E-state index in [0.29, 0.717) is 12.1 Å². The van der Waals surface area contributed by atoms with E-state index >= 15 is 0 Å². The number of rotatable bonds is 5. The molecule has 1 atom stereocenters. The Labute approximate surface area is 126 Å². The molecule has 0 aliphatic carbocycles. The maximum absolute atomic E-state index is 13.5. The van der Waals surface area contributed by atoms with Crippen molar-refractivity contribution < 1.29 is 8.78 Å². The fourth-order valence-corrected chi connectivity index (χ4v) is 2.28. The van der Waals surface area contributed by atoms with Gasteiger partial charge in [-0.2, -0.15) is 0 Å². The van der Waals surface area contributed by atoms with E-state index in [0.717, 1.165) is 17.0 Å². The summed E-state index contributed by atoms with van der Waals surface area (Å²) in [6.45, 7) is 2.35. The topological polar surface area (TPSA) is 12.0 Å². The van der Waals surface area contributed by atoms with Crippen LogP contribution < -0.4 is 5.32 Å². The molecule has 0 saturated carbocycles. The molecular formula is C16H16BrF2N. The van der Waals surface area contributed by atoms with Crippen LogP contribution in [0.5, 0.6) is 0 Å². The molecule has 0 radical (unpaired) electrons. The summed E-state index contributed by atoms with van der Waals surface area (Å²) < 4.78 is 27.6. The van der Waals surface area contributed by atoms with E-state index in [1.807, 2.05) is 31.2 Å². The number of benzene rings is 2. The van der Waals surface area contributed by atoms with E-state index in [2.05, 4.69) is 21.2 Å². The van der Waals surface area contributed by atoms with E-state index < -0.39 is 11.6 Å². The van der Waals surface area contributed by atoms with Gasteiger partial charge in [-0.05, 0) is 37.1 Å². The first-order chi connectivity index (χ1) is 9.56. The molecule has 0 fully saturated rings. The van der Waals surface area contributed by atoms with Gasteiger partial charge in [0.1, 0.15) is 0 Å². The van der Waals surface area contributed by atoms with Crippen LogP contribution in [0.25, 0.3) is 0 Å². The van der Waals surface area contributed by atoms with E-state index in [1.165, 1.54) is 11.6 Å². The maximum Gasteiger partial charge on any atom is 0.163 e. The number of hydrogen-bond donors (Lipinski definition) is 1. The average molecular weight is 340 g/mol. The Morgan fingerprint density at radius 3 is 2.50 bits per heavy atom. The third-order valence-electron chi connectivity index (χ3n) is 3.13. The highest BCUT2D eigenvalue weighted by Crippen LogP contribution is 2.13. The first-order valence-electron chi connectivity index (χ1n) is 6.47. The van der Waals surface area contributed by atoms with Crippen LogP contribution >= 0.6 is 15.9 Å². The molecule has 20 heavy (non-hydrogen) atoms. The van der Waals surface area contributed by atoms with E-state index in [9.17, 15) is 8.78 Å². The summed E-state index contributed by atoms with van der Waals surface area (Å²) >= 11 is 3.39. The third-order valence-corrected chi connectivity index (χ3v) is 3.66. The van der Waals surface area contributed by atoms with E-state index in [4.69, 9.17) is 0 Å². The predicted octanol–water partition coefficient (Wildman–Crippen LogP) is 4.45. The highest BCUT2D eigenvalue weighted by Gasteiger charge is 2.09. The molecule has 2 aromatic rings. The zero-order valence-electron chi connectivity index (χ0n) is 11.2. The van der Waals surface area contributed by atoms with Crippen molar-refractivity contribution in [3.8, 4) is 0 Å². The van der Waals surface area contributed by atoms with Crippen molar-refractivity contribution in [3.63, 3.8) is 0 Å². The molecule has 106 valence electrons. The summed E-state index contributed by atoms with van der Waals surface area (Å²) in [7, 11) is 0. The molecule has 2 rings (SSSR count). The smallest absolute Gasteiger partial charge is 0.163 e. The van der Waals surface area contributed by atoms with Crippen molar-refractivity contribution >= 4 is 15.9 Å². The van der Waals surface area contributed by atoms with Crippen LogP contribution in [0.15, 0.2) is 46.9 Å². The zero-order valence-corrected chi connectivity index (χ0v) is 12.8. The maximum atomic E-state index is 13.5. The van der Waals surface area contributed by atoms with Gasteiger partial charge in [0.05, 0.1) is 0 Å². The zero-order chi connectivity index (χ0) is 14.5. The molecule has 0 spiro atoms. The van der Waals surface area contributed by atoms with Crippen LogP contribution in [0.3, 0.4) is 0 Å². The lowest BCUT2D eigenvalue weighted by Gasteiger charge is -2.14. The number of hydrogen-bond acceptors (Lipinski definition) is 1. The highest BCUT2D eigenvalue weighted by molar-refractivity contribution is 9.10. The van der Waals surface area contributed by atoms with E-state index in [1.54, 1.807) is 6.07 Å². The van der Waals surface area contributed by atoms with Crippen LogP contribution in [-0.4, -0.2) is 6.04 Å². The van der Waals surface area contributed by atoms with Crippen molar-refractivity contribution in [1.82, 2.24) is 5.32 Å². The average Bonchev–Trinajstić information content (AvgIpc) is 2.43. The lowest BCUT2D eigenvalue weighted by atomic mass is 10.1. The Morgan fingerprint density at radius 1 is 1.10 bits per heavy atom. The summed E-state index contributed by atoms with van der Waals surface area (Å²) in [5.41, 5.74) is 1.56. The van der Waals surface area contributed by atoms with Gasteiger partial charge in [0.15, 0.2) is 11.6 Å². The second kappa shape index (κ2) is 6.95. The Kier molecular flexibility index (Phi) is 5.26. The molecule has 2 aromatic carbocycles. The summed E-state index contributed by atoms with van der Waals surface area (Å²) in [6, 6.07) is 12.5. The molecule has 0 heterocycles. The molecule has 0 bridgehead atoms. The fourth-order valence-electron chi connectivity index (χ4n) is 2.02.